The zero-order chi connectivity index (χ0) is 15.5. The second-order valence-corrected chi connectivity index (χ2v) is 6.38. The number of nitrogens with one attached hydrogen (secondary N) is 1. The van der Waals surface area contributed by atoms with Gasteiger partial charge in [-0.3, -0.25) is 0 Å². The molecule has 0 aliphatic heterocycles. The molecule has 21 heavy (non-hydrogen) atoms. The van der Waals surface area contributed by atoms with Gasteiger partial charge < -0.3 is 5.32 Å². The van der Waals surface area contributed by atoms with Crippen LogP contribution in [0.25, 0.3) is 0 Å². The van der Waals surface area contributed by atoms with E-state index in [0.29, 0.717) is 6.54 Å². The van der Waals surface area contributed by atoms with Crippen LogP contribution in [-0.4, -0.2) is 6.54 Å². The van der Waals surface area contributed by atoms with E-state index in [4.69, 9.17) is 0 Å². The Morgan fingerprint density at radius 3 is 2.19 bits per heavy atom. The molecule has 2 rings (SSSR count). The lowest BCUT2D eigenvalue weighted by Gasteiger charge is -2.41. The van der Waals surface area contributed by atoms with Crippen molar-refractivity contribution < 1.29 is 13.2 Å². The Bertz CT molecular complexity index is 458. The third-order valence-corrected chi connectivity index (χ3v) is 4.62. The summed E-state index contributed by atoms with van der Waals surface area (Å²) in [6.07, 6.45) is 6.08. The average molecular weight is 299 g/mol. The van der Waals surface area contributed by atoms with Gasteiger partial charge in [-0.1, -0.05) is 33.1 Å². The van der Waals surface area contributed by atoms with Crippen molar-refractivity contribution in [1.29, 1.82) is 0 Å². The number of hydrogen-bond donors (Lipinski definition) is 1. The second-order valence-electron chi connectivity index (χ2n) is 6.38. The Kier molecular flexibility index (Phi) is 5.31. The monoisotopic (exact) mass is 299 g/mol. The Morgan fingerprint density at radius 2 is 1.67 bits per heavy atom. The first-order valence-electron chi connectivity index (χ1n) is 7.86. The summed E-state index contributed by atoms with van der Waals surface area (Å²) in [5.74, 6) is -2.43. The van der Waals surface area contributed by atoms with Crippen LogP contribution in [0.4, 0.5) is 13.2 Å². The molecular formula is C17H24F3N. The van der Waals surface area contributed by atoms with Gasteiger partial charge in [-0.15, -0.1) is 0 Å². The summed E-state index contributed by atoms with van der Waals surface area (Å²) < 4.78 is 41.5. The van der Waals surface area contributed by atoms with Gasteiger partial charge in [-0.05, 0) is 31.2 Å². The summed E-state index contributed by atoms with van der Waals surface area (Å²) in [5.41, 5.74) is -0.193. The van der Waals surface area contributed by atoms with Crippen LogP contribution < -0.4 is 5.32 Å². The molecule has 1 nitrogen and oxygen atoms in total. The summed E-state index contributed by atoms with van der Waals surface area (Å²) in [6, 6.07) is 1.16. The van der Waals surface area contributed by atoms with Crippen LogP contribution >= 0.6 is 0 Å². The predicted octanol–water partition coefficient (Wildman–Crippen LogP) is 5.12. The van der Waals surface area contributed by atoms with Crippen molar-refractivity contribution in [3.8, 4) is 0 Å². The minimum absolute atomic E-state index is 0.00532. The Hall–Kier alpha value is -1.03. The van der Waals surface area contributed by atoms with Gasteiger partial charge in [-0.2, -0.15) is 0 Å². The summed E-state index contributed by atoms with van der Waals surface area (Å²) in [6.45, 7) is 4.79. The van der Waals surface area contributed by atoms with Crippen molar-refractivity contribution in [1.82, 2.24) is 5.32 Å². The van der Waals surface area contributed by atoms with Crippen molar-refractivity contribution in [2.24, 2.45) is 5.41 Å². The summed E-state index contributed by atoms with van der Waals surface area (Å²) in [4.78, 5) is 0. The largest absolute Gasteiger partial charge is 0.309 e. The molecule has 0 aromatic heterocycles. The Morgan fingerprint density at radius 1 is 1.10 bits per heavy atom. The third kappa shape index (κ3) is 3.60. The lowest BCUT2D eigenvalue weighted by Crippen LogP contribution is -2.39. The van der Waals surface area contributed by atoms with Crippen LogP contribution in [0.2, 0.25) is 0 Å². The first-order valence-corrected chi connectivity index (χ1v) is 7.86. The highest BCUT2D eigenvalue weighted by Crippen LogP contribution is 2.46. The Balaban J connectivity index is 2.40. The third-order valence-electron chi connectivity index (χ3n) is 4.62. The maximum absolute atomic E-state index is 14.2. The van der Waals surface area contributed by atoms with E-state index in [1.54, 1.807) is 0 Å². The number of hydrogen-bond acceptors (Lipinski definition) is 1. The Labute approximate surface area is 124 Å². The molecule has 1 aromatic rings. The normalized spacial score (nSPS) is 19.5. The van der Waals surface area contributed by atoms with Crippen molar-refractivity contribution in [3.05, 3.63) is 35.1 Å². The van der Waals surface area contributed by atoms with E-state index in [1.807, 2.05) is 6.92 Å². The molecule has 4 heteroatoms. The lowest BCUT2D eigenvalue weighted by atomic mass is 9.68. The smallest absolute Gasteiger partial charge is 0.133 e. The molecule has 0 bridgehead atoms. The molecule has 1 aromatic carbocycles. The number of rotatable bonds is 5. The van der Waals surface area contributed by atoms with Gasteiger partial charge in [0.25, 0.3) is 0 Å². The topological polar surface area (TPSA) is 12.0 Å². The summed E-state index contributed by atoms with van der Waals surface area (Å²) >= 11 is 0. The minimum Gasteiger partial charge on any atom is -0.309 e. The molecule has 0 amide bonds. The molecular weight excluding hydrogens is 275 g/mol. The SMILES string of the molecule is CCCNC(c1c(F)cc(F)cc1F)C1(C)CCCCC1. The molecule has 1 atom stereocenters. The highest BCUT2D eigenvalue weighted by atomic mass is 19.1. The van der Waals surface area contributed by atoms with E-state index in [0.717, 1.165) is 44.2 Å². The van der Waals surface area contributed by atoms with Crippen LogP contribution in [0.5, 0.6) is 0 Å². The first-order chi connectivity index (χ1) is 9.98. The molecule has 1 N–H and O–H groups in total. The zero-order valence-electron chi connectivity index (χ0n) is 12.8. The lowest BCUT2D eigenvalue weighted by molar-refractivity contribution is 0.139. The van der Waals surface area contributed by atoms with E-state index in [-0.39, 0.29) is 11.0 Å². The molecule has 1 aliphatic rings. The molecule has 1 saturated carbocycles. The van der Waals surface area contributed by atoms with Gasteiger partial charge >= 0.3 is 0 Å². The molecule has 0 spiro atoms. The molecule has 0 heterocycles. The highest BCUT2D eigenvalue weighted by molar-refractivity contribution is 5.26. The van der Waals surface area contributed by atoms with Gasteiger partial charge in [0.05, 0.1) is 0 Å². The van der Waals surface area contributed by atoms with Gasteiger partial charge in [0.1, 0.15) is 17.5 Å². The fourth-order valence-electron chi connectivity index (χ4n) is 3.46. The summed E-state index contributed by atoms with van der Waals surface area (Å²) in [7, 11) is 0. The quantitative estimate of drug-likeness (QED) is 0.796. The standard InChI is InChI=1S/C17H24F3N/c1-3-9-21-16(17(2)7-5-4-6-8-17)15-13(19)10-12(18)11-14(15)20/h10-11,16,21H,3-9H2,1-2H3. The second kappa shape index (κ2) is 6.82. The molecule has 1 fully saturated rings. The summed E-state index contributed by atoms with van der Waals surface area (Å²) in [5, 5.41) is 3.29. The van der Waals surface area contributed by atoms with Gasteiger partial charge in [0.2, 0.25) is 0 Å². The van der Waals surface area contributed by atoms with E-state index in [2.05, 4.69) is 12.2 Å². The minimum atomic E-state index is -0.864. The fraction of sp³-hybridized carbons (Fsp3) is 0.647. The molecule has 1 aliphatic carbocycles. The molecule has 0 radical (unpaired) electrons. The van der Waals surface area contributed by atoms with Crippen molar-refractivity contribution in [2.75, 3.05) is 6.54 Å². The van der Waals surface area contributed by atoms with Crippen LogP contribution in [0.1, 0.15) is 64.0 Å². The highest BCUT2D eigenvalue weighted by Gasteiger charge is 2.38. The van der Waals surface area contributed by atoms with Crippen LogP contribution in [0.15, 0.2) is 12.1 Å². The molecule has 118 valence electrons. The predicted molar refractivity (Wildman–Crippen MR) is 78.5 cm³/mol. The zero-order valence-corrected chi connectivity index (χ0v) is 12.8. The van der Waals surface area contributed by atoms with Crippen molar-refractivity contribution in [2.45, 2.75) is 58.4 Å². The maximum atomic E-state index is 14.2. The van der Waals surface area contributed by atoms with Crippen molar-refractivity contribution in [3.63, 3.8) is 0 Å². The first kappa shape index (κ1) is 16.3. The van der Waals surface area contributed by atoms with E-state index in [1.165, 1.54) is 6.42 Å². The van der Waals surface area contributed by atoms with E-state index in [9.17, 15) is 13.2 Å². The van der Waals surface area contributed by atoms with Crippen molar-refractivity contribution >= 4 is 0 Å². The number of benzene rings is 1. The van der Waals surface area contributed by atoms with Gasteiger partial charge in [-0.25, -0.2) is 13.2 Å². The maximum Gasteiger partial charge on any atom is 0.133 e. The van der Waals surface area contributed by atoms with Gasteiger partial charge in [0, 0.05) is 23.7 Å². The average Bonchev–Trinajstić information content (AvgIpc) is 2.42. The number of halogens is 3. The van der Waals surface area contributed by atoms with Crippen LogP contribution in [0, 0.1) is 22.9 Å². The molecule has 0 saturated heterocycles. The van der Waals surface area contributed by atoms with Crippen LogP contribution in [-0.2, 0) is 0 Å². The fourth-order valence-corrected chi connectivity index (χ4v) is 3.46. The van der Waals surface area contributed by atoms with Crippen LogP contribution in [0.3, 0.4) is 0 Å². The molecule has 1 unspecified atom stereocenters. The van der Waals surface area contributed by atoms with E-state index < -0.39 is 23.5 Å². The van der Waals surface area contributed by atoms with Gasteiger partial charge in [0.15, 0.2) is 0 Å². The van der Waals surface area contributed by atoms with E-state index >= 15 is 0 Å².